The highest BCUT2D eigenvalue weighted by atomic mass is 16.1. The third kappa shape index (κ3) is 1.92. The standard InChI is InChI=1S/C13H20O/c1-10-12-8-6-4-2-3-5-7-11(12)9-13(10)14/h9-10,12H,2-8H2,1H3. The summed E-state index contributed by atoms with van der Waals surface area (Å²) in [6, 6.07) is 0. The zero-order valence-corrected chi connectivity index (χ0v) is 9.09. The van der Waals surface area contributed by atoms with E-state index in [4.69, 9.17) is 0 Å². The van der Waals surface area contributed by atoms with E-state index in [-0.39, 0.29) is 5.92 Å². The van der Waals surface area contributed by atoms with Crippen molar-refractivity contribution in [3.05, 3.63) is 11.6 Å². The molecule has 0 N–H and O–H groups in total. The van der Waals surface area contributed by atoms with Crippen molar-refractivity contribution in [2.45, 2.75) is 51.9 Å². The number of hydrogen-bond acceptors (Lipinski definition) is 1. The Kier molecular flexibility index (Phi) is 3.05. The number of hydrogen-bond donors (Lipinski definition) is 0. The molecule has 78 valence electrons. The molecule has 0 saturated heterocycles. The van der Waals surface area contributed by atoms with Gasteiger partial charge in [0.05, 0.1) is 0 Å². The number of carbonyl (C=O) groups excluding carboxylic acids is 1. The summed E-state index contributed by atoms with van der Waals surface area (Å²) in [6.07, 6.45) is 11.1. The average Bonchev–Trinajstić information content (AvgIpc) is 2.49. The third-order valence-electron chi connectivity index (χ3n) is 3.84. The molecule has 1 saturated carbocycles. The Morgan fingerprint density at radius 2 is 1.86 bits per heavy atom. The lowest BCUT2D eigenvalue weighted by molar-refractivity contribution is -0.117. The first kappa shape index (κ1) is 9.95. The van der Waals surface area contributed by atoms with Crippen molar-refractivity contribution in [3.8, 4) is 0 Å². The Morgan fingerprint density at radius 3 is 2.71 bits per heavy atom. The van der Waals surface area contributed by atoms with Crippen molar-refractivity contribution in [3.63, 3.8) is 0 Å². The fourth-order valence-electron chi connectivity index (χ4n) is 2.86. The lowest BCUT2D eigenvalue weighted by Gasteiger charge is -2.17. The van der Waals surface area contributed by atoms with E-state index in [0.29, 0.717) is 11.7 Å². The minimum absolute atomic E-state index is 0.281. The van der Waals surface area contributed by atoms with Gasteiger partial charge in [0, 0.05) is 5.92 Å². The Hall–Kier alpha value is -0.590. The van der Waals surface area contributed by atoms with Gasteiger partial charge in [-0.1, -0.05) is 38.2 Å². The van der Waals surface area contributed by atoms with Crippen LogP contribution in [0, 0.1) is 11.8 Å². The summed E-state index contributed by atoms with van der Waals surface area (Å²) in [4.78, 5) is 11.6. The molecule has 0 bridgehead atoms. The Labute approximate surface area is 86.6 Å². The highest BCUT2D eigenvalue weighted by molar-refractivity contribution is 5.95. The number of fused-ring (bicyclic) bond motifs is 1. The maximum absolute atomic E-state index is 11.6. The first-order valence-electron chi connectivity index (χ1n) is 6.03. The maximum atomic E-state index is 11.6. The smallest absolute Gasteiger partial charge is 0.159 e. The van der Waals surface area contributed by atoms with E-state index in [1.54, 1.807) is 0 Å². The van der Waals surface area contributed by atoms with Gasteiger partial charge < -0.3 is 0 Å². The van der Waals surface area contributed by atoms with E-state index in [9.17, 15) is 4.79 Å². The normalized spacial score (nSPS) is 34.1. The van der Waals surface area contributed by atoms with Crippen molar-refractivity contribution in [2.75, 3.05) is 0 Å². The van der Waals surface area contributed by atoms with Crippen LogP contribution >= 0.6 is 0 Å². The molecule has 0 spiro atoms. The van der Waals surface area contributed by atoms with E-state index in [0.717, 1.165) is 0 Å². The summed E-state index contributed by atoms with van der Waals surface area (Å²) in [5.41, 5.74) is 1.46. The van der Waals surface area contributed by atoms with Gasteiger partial charge in [-0.15, -0.1) is 0 Å². The van der Waals surface area contributed by atoms with Crippen LogP contribution in [0.25, 0.3) is 0 Å². The number of carbonyl (C=O) groups is 1. The molecule has 1 nitrogen and oxygen atoms in total. The molecule has 2 aliphatic carbocycles. The largest absolute Gasteiger partial charge is 0.295 e. The van der Waals surface area contributed by atoms with Crippen LogP contribution in [-0.2, 0) is 4.79 Å². The molecule has 14 heavy (non-hydrogen) atoms. The third-order valence-corrected chi connectivity index (χ3v) is 3.84. The van der Waals surface area contributed by atoms with Gasteiger partial charge in [-0.25, -0.2) is 0 Å². The van der Waals surface area contributed by atoms with Gasteiger partial charge in [-0.3, -0.25) is 4.79 Å². The minimum atomic E-state index is 0.281. The van der Waals surface area contributed by atoms with E-state index < -0.39 is 0 Å². The van der Waals surface area contributed by atoms with Crippen LogP contribution in [0.1, 0.15) is 51.9 Å². The Balaban J connectivity index is 2.09. The summed E-state index contributed by atoms with van der Waals surface area (Å²) in [5.74, 6) is 1.26. The molecule has 0 aromatic rings. The van der Waals surface area contributed by atoms with Gasteiger partial charge in [0.25, 0.3) is 0 Å². The monoisotopic (exact) mass is 192 g/mol. The molecule has 0 amide bonds. The zero-order chi connectivity index (χ0) is 9.97. The van der Waals surface area contributed by atoms with Crippen molar-refractivity contribution < 1.29 is 4.79 Å². The Bertz CT molecular complexity index is 252. The van der Waals surface area contributed by atoms with Gasteiger partial charge >= 0.3 is 0 Å². The highest BCUT2D eigenvalue weighted by Gasteiger charge is 2.31. The number of rotatable bonds is 0. The second-order valence-electron chi connectivity index (χ2n) is 4.82. The first-order chi connectivity index (χ1) is 6.79. The van der Waals surface area contributed by atoms with Crippen LogP contribution in [0.5, 0.6) is 0 Å². The van der Waals surface area contributed by atoms with Gasteiger partial charge in [0.1, 0.15) is 0 Å². The van der Waals surface area contributed by atoms with E-state index >= 15 is 0 Å². The molecule has 0 heterocycles. The molecule has 2 aliphatic rings. The fourth-order valence-corrected chi connectivity index (χ4v) is 2.86. The molecule has 0 aromatic heterocycles. The summed E-state index contributed by atoms with van der Waals surface area (Å²) >= 11 is 0. The van der Waals surface area contributed by atoms with Crippen LogP contribution in [0.15, 0.2) is 11.6 Å². The van der Waals surface area contributed by atoms with Crippen LogP contribution in [0.3, 0.4) is 0 Å². The first-order valence-corrected chi connectivity index (χ1v) is 6.03. The minimum Gasteiger partial charge on any atom is -0.295 e. The lowest BCUT2D eigenvalue weighted by atomic mass is 9.86. The highest BCUT2D eigenvalue weighted by Crippen LogP contribution is 2.37. The van der Waals surface area contributed by atoms with E-state index in [2.05, 4.69) is 6.92 Å². The molecule has 0 aromatic carbocycles. The molecular weight excluding hydrogens is 172 g/mol. The van der Waals surface area contributed by atoms with Gasteiger partial charge in [0.15, 0.2) is 5.78 Å². The summed E-state index contributed by atoms with van der Waals surface area (Å²) in [6.45, 7) is 2.11. The predicted octanol–water partition coefficient (Wildman–Crippen LogP) is 3.49. The summed E-state index contributed by atoms with van der Waals surface area (Å²) in [5, 5.41) is 0. The van der Waals surface area contributed by atoms with Crippen LogP contribution in [0.2, 0.25) is 0 Å². The van der Waals surface area contributed by atoms with Gasteiger partial charge in [0.2, 0.25) is 0 Å². The van der Waals surface area contributed by atoms with Crippen LogP contribution < -0.4 is 0 Å². The lowest BCUT2D eigenvalue weighted by Crippen LogP contribution is -2.13. The van der Waals surface area contributed by atoms with E-state index in [1.807, 2.05) is 6.08 Å². The van der Waals surface area contributed by atoms with Crippen molar-refractivity contribution in [1.29, 1.82) is 0 Å². The molecule has 1 heteroatoms. The number of ketones is 1. The summed E-state index contributed by atoms with van der Waals surface area (Å²) < 4.78 is 0. The number of allylic oxidation sites excluding steroid dienone is 2. The predicted molar refractivity (Wildman–Crippen MR) is 58.1 cm³/mol. The molecule has 1 fully saturated rings. The van der Waals surface area contributed by atoms with Crippen molar-refractivity contribution in [2.24, 2.45) is 11.8 Å². The van der Waals surface area contributed by atoms with Crippen molar-refractivity contribution in [1.82, 2.24) is 0 Å². The molecule has 2 rings (SSSR count). The van der Waals surface area contributed by atoms with Crippen molar-refractivity contribution >= 4 is 5.78 Å². The molecule has 2 atom stereocenters. The molecule has 0 aliphatic heterocycles. The second kappa shape index (κ2) is 4.29. The summed E-state index contributed by atoms with van der Waals surface area (Å²) in [7, 11) is 0. The fraction of sp³-hybridized carbons (Fsp3) is 0.769. The molecule has 2 unspecified atom stereocenters. The SMILES string of the molecule is CC1C(=O)C=C2CCCCCCCC21. The van der Waals surface area contributed by atoms with Crippen LogP contribution in [0.4, 0.5) is 0 Å². The van der Waals surface area contributed by atoms with E-state index in [1.165, 1.54) is 50.5 Å². The van der Waals surface area contributed by atoms with Gasteiger partial charge in [-0.05, 0) is 31.3 Å². The van der Waals surface area contributed by atoms with Crippen LogP contribution in [-0.4, -0.2) is 5.78 Å². The molecular formula is C13H20O. The van der Waals surface area contributed by atoms with Gasteiger partial charge in [-0.2, -0.15) is 0 Å². The zero-order valence-electron chi connectivity index (χ0n) is 9.09. The maximum Gasteiger partial charge on any atom is 0.159 e. The Morgan fingerprint density at radius 1 is 1.14 bits per heavy atom. The topological polar surface area (TPSA) is 17.1 Å². The second-order valence-corrected chi connectivity index (χ2v) is 4.82. The molecule has 0 radical (unpaired) electrons. The average molecular weight is 192 g/mol. The quantitative estimate of drug-likeness (QED) is 0.574.